The first-order valence-electron chi connectivity index (χ1n) is 6.34. The number of nitrogens with one attached hydrogen (secondary N) is 1. The summed E-state index contributed by atoms with van der Waals surface area (Å²) in [7, 11) is 1.89. The van der Waals surface area contributed by atoms with Crippen LogP contribution in [-0.4, -0.2) is 43.4 Å². The van der Waals surface area contributed by atoms with Gasteiger partial charge in [0.25, 0.3) is 0 Å². The number of hydrogen-bond acceptors (Lipinski definition) is 3. The molecule has 98 valence electrons. The standard InChI is InChI=1S/C12H23N3O2/c1-14-6-2-3-12(17)15-7-4-10(5-8-15)9-11(13)16/h10,14H,2-9H2,1H3,(H2,13,16). The number of nitrogens with two attached hydrogens (primary N) is 1. The van der Waals surface area contributed by atoms with Gasteiger partial charge in [-0.05, 0) is 38.8 Å². The molecule has 5 nitrogen and oxygen atoms in total. The first kappa shape index (κ1) is 14.0. The molecule has 0 spiro atoms. The van der Waals surface area contributed by atoms with E-state index in [-0.39, 0.29) is 11.8 Å². The van der Waals surface area contributed by atoms with Crippen molar-refractivity contribution in [3.63, 3.8) is 0 Å². The highest BCUT2D eigenvalue weighted by atomic mass is 16.2. The molecule has 0 aromatic rings. The van der Waals surface area contributed by atoms with Crippen molar-refractivity contribution < 1.29 is 9.59 Å². The van der Waals surface area contributed by atoms with Crippen molar-refractivity contribution in [2.75, 3.05) is 26.7 Å². The number of rotatable bonds is 6. The third-order valence-electron chi connectivity index (χ3n) is 3.27. The summed E-state index contributed by atoms with van der Waals surface area (Å²) in [4.78, 5) is 24.5. The highest BCUT2D eigenvalue weighted by Crippen LogP contribution is 2.20. The van der Waals surface area contributed by atoms with Crippen molar-refractivity contribution in [1.82, 2.24) is 10.2 Å². The minimum atomic E-state index is -0.233. The molecule has 0 aromatic carbocycles. The molecule has 0 bridgehead atoms. The van der Waals surface area contributed by atoms with Gasteiger partial charge in [0.2, 0.25) is 11.8 Å². The number of primary amides is 1. The lowest BCUT2D eigenvalue weighted by Crippen LogP contribution is -2.39. The van der Waals surface area contributed by atoms with E-state index in [2.05, 4.69) is 5.32 Å². The van der Waals surface area contributed by atoms with E-state index in [1.54, 1.807) is 0 Å². The van der Waals surface area contributed by atoms with Gasteiger partial charge in [-0.15, -0.1) is 0 Å². The Kier molecular flexibility index (Phi) is 5.97. The molecule has 0 aliphatic carbocycles. The summed E-state index contributed by atoms with van der Waals surface area (Å²) in [6.45, 7) is 2.43. The summed E-state index contributed by atoms with van der Waals surface area (Å²) in [5.74, 6) is 0.371. The van der Waals surface area contributed by atoms with Gasteiger partial charge in [-0.1, -0.05) is 0 Å². The fraction of sp³-hybridized carbons (Fsp3) is 0.833. The average Bonchev–Trinajstić information content (AvgIpc) is 2.29. The molecule has 2 amide bonds. The number of nitrogens with zero attached hydrogens (tertiary/aromatic N) is 1. The SMILES string of the molecule is CNCCCC(=O)N1CCC(CC(N)=O)CC1. The summed E-state index contributed by atoms with van der Waals surface area (Å²) < 4.78 is 0. The van der Waals surface area contributed by atoms with Gasteiger partial charge in [-0.3, -0.25) is 9.59 Å². The molecular weight excluding hydrogens is 218 g/mol. The van der Waals surface area contributed by atoms with Gasteiger partial charge in [0.05, 0.1) is 0 Å². The van der Waals surface area contributed by atoms with E-state index >= 15 is 0 Å². The van der Waals surface area contributed by atoms with Crippen LogP contribution in [0.25, 0.3) is 0 Å². The van der Waals surface area contributed by atoms with E-state index in [1.165, 1.54) is 0 Å². The monoisotopic (exact) mass is 241 g/mol. The molecule has 1 saturated heterocycles. The van der Waals surface area contributed by atoms with Crippen LogP contribution in [0, 0.1) is 5.92 Å². The molecule has 0 radical (unpaired) electrons. The zero-order chi connectivity index (χ0) is 12.7. The first-order valence-corrected chi connectivity index (χ1v) is 6.34. The molecule has 1 rings (SSSR count). The molecule has 0 aromatic heterocycles. The van der Waals surface area contributed by atoms with E-state index in [1.807, 2.05) is 11.9 Å². The van der Waals surface area contributed by atoms with E-state index in [9.17, 15) is 9.59 Å². The largest absolute Gasteiger partial charge is 0.370 e. The highest BCUT2D eigenvalue weighted by molar-refractivity contribution is 5.76. The second-order valence-electron chi connectivity index (χ2n) is 4.70. The van der Waals surface area contributed by atoms with Crippen molar-refractivity contribution >= 4 is 11.8 Å². The summed E-state index contributed by atoms with van der Waals surface area (Å²) >= 11 is 0. The molecule has 0 saturated carbocycles. The van der Waals surface area contributed by atoms with Gasteiger partial charge in [-0.2, -0.15) is 0 Å². The minimum absolute atomic E-state index is 0.233. The van der Waals surface area contributed by atoms with Crippen molar-refractivity contribution in [3.05, 3.63) is 0 Å². The zero-order valence-corrected chi connectivity index (χ0v) is 10.6. The van der Waals surface area contributed by atoms with Crippen LogP contribution < -0.4 is 11.1 Å². The maximum Gasteiger partial charge on any atom is 0.222 e. The Bertz CT molecular complexity index is 260. The third kappa shape index (κ3) is 5.17. The Morgan fingerprint density at radius 1 is 1.35 bits per heavy atom. The predicted molar refractivity (Wildman–Crippen MR) is 66.3 cm³/mol. The lowest BCUT2D eigenvalue weighted by atomic mass is 9.93. The van der Waals surface area contributed by atoms with Gasteiger partial charge in [0, 0.05) is 25.9 Å². The first-order chi connectivity index (χ1) is 8.13. The number of likely N-dealkylation sites (tertiary alicyclic amines) is 1. The van der Waals surface area contributed by atoms with Crippen LogP contribution in [0.4, 0.5) is 0 Å². The Morgan fingerprint density at radius 2 is 2.00 bits per heavy atom. The van der Waals surface area contributed by atoms with Gasteiger partial charge >= 0.3 is 0 Å². The van der Waals surface area contributed by atoms with Crippen LogP contribution in [0.5, 0.6) is 0 Å². The van der Waals surface area contributed by atoms with Crippen LogP contribution in [0.15, 0.2) is 0 Å². The van der Waals surface area contributed by atoms with Crippen LogP contribution in [0.2, 0.25) is 0 Å². The maximum atomic E-state index is 11.8. The van der Waals surface area contributed by atoms with Crippen LogP contribution >= 0.6 is 0 Å². The molecular formula is C12H23N3O2. The Morgan fingerprint density at radius 3 is 2.53 bits per heavy atom. The maximum absolute atomic E-state index is 11.8. The van der Waals surface area contributed by atoms with Crippen molar-refractivity contribution in [2.45, 2.75) is 32.1 Å². The summed E-state index contributed by atoms with van der Waals surface area (Å²) in [5.41, 5.74) is 5.17. The van der Waals surface area contributed by atoms with E-state index in [0.717, 1.165) is 38.9 Å². The second-order valence-corrected chi connectivity index (χ2v) is 4.70. The fourth-order valence-corrected chi connectivity index (χ4v) is 2.25. The van der Waals surface area contributed by atoms with Gasteiger partial charge in [0.1, 0.15) is 0 Å². The normalized spacial score (nSPS) is 17.1. The minimum Gasteiger partial charge on any atom is -0.370 e. The molecule has 1 aliphatic rings. The number of carbonyl (C=O) groups excluding carboxylic acids is 2. The molecule has 1 aliphatic heterocycles. The smallest absolute Gasteiger partial charge is 0.222 e. The topological polar surface area (TPSA) is 75.4 Å². The summed E-state index contributed by atoms with van der Waals surface area (Å²) in [6.07, 6.45) is 3.76. The average molecular weight is 241 g/mol. The molecule has 5 heteroatoms. The number of hydrogen-bond donors (Lipinski definition) is 2. The molecule has 0 atom stereocenters. The number of piperidine rings is 1. The van der Waals surface area contributed by atoms with Crippen molar-refractivity contribution in [2.24, 2.45) is 11.7 Å². The zero-order valence-electron chi connectivity index (χ0n) is 10.6. The number of amides is 2. The Labute approximate surface area is 103 Å². The lowest BCUT2D eigenvalue weighted by molar-refractivity contribution is -0.132. The van der Waals surface area contributed by atoms with E-state index in [0.29, 0.717) is 18.8 Å². The van der Waals surface area contributed by atoms with Gasteiger partial charge in [-0.25, -0.2) is 0 Å². The molecule has 1 fully saturated rings. The lowest BCUT2D eigenvalue weighted by Gasteiger charge is -2.31. The van der Waals surface area contributed by atoms with Crippen molar-refractivity contribution in [1.29, 1.82) is 0 Å². The predicted octanol–water partition coefficient (Wildman–Crippen LogP) is 0.100. The summed E-state index contributed by atoms with van der Waals surface area (Å²) in [5, 5.41) is 3.03. The number of carbonyl (C=O) groups is 2. The Balaban J connectivity index is 2.21. The quantitative estimate of drug-likeness (QED) is 0.648. The molecule has 1 heterocycles. The molecule has 0 unspecified atom stereocenters. The third-order valence-corrected chi connectivity index (χ3v) is 3.27. The molecule has 3 N–H and O–H groups in total. The Hall–Kier alpha value is -1.10. The second kappa shape index (κ2) is 7.27. The highest BCUT2D eigenvalue weighted by Gasteiger charge is 2.23. The summed E-state index contributed by atoms with van der Waals surface area (Å²) in [6, 6.07) is 0. The molecule has 17 heavy (non-hydrogen) atoms. The van der Waals surface area contributed by atoms with Crippen LogP contribution in [0.1, 0.15) is 32.1 Å². The van der Waals surface area contributed by atoms with E-state index < -0.39 is 0 Å². The fourth-order valence-electron chi connectivity index (χ4n) is 2.25. The van der Waals surface area contributed by atoms with E-state index in [4.69, 9.17) is 5.73 Å². The van der Waals surface area contributed by atoms with Gasteiger partial charge in [0.15, 0.2) is 0 Å². The van der Waals surface area contributed by atoms with Crippen LogP contribution in [-0.2, 0) is 9.59 Å². The van der Waals surface area contributed by atoms with Crippen LogP contribution in [0.3, 0.4) is 0 Å². The van der Waals surface area contributed by atoms with Crippen molar-refractivity contribution in [3.8, 4) is 0 Å². The van der Waals surface area contributed by atoms with Gasteiger partial charge < -0.3 is 16.0 Å².